The summed E-state index contributed by atoms with van der Waals surface area (Å²) >= 11 is 0. The largest absolute Gasteiger partial charge is 0.306 e. The monoisotopic (exact) mass is 156 g/mol. The molecular formula is C10H22N. The molecule has 0 aromatic heterocycles. The lowest BCUT2D eigenvalue weighted by molar-refractivity contribution is 0.325. The first kappa shape index (κ1) is 11.0. The van der Waals surface area contributed by atoms with Crippen LogP contribution < -0.4 is 0 Å². The zero-order valence-corrected chi connectivity index (χ0v) is 8.10. The molecule has 0 aromatic rings. The van der Waals surface area contributed by atoms with Gasteiger partial charge in [-0.15, -0.1) is 0 Å². The zero-order chi connectivity index (χ0) is 8.53. The smallest absolute Gasteiger partial charge is 0.00218 e. The maximum atomic E-state index is 3.83. The minimum atomic E-state index is 1.09. The van der Waals surface area contributed by atoms with Gasteiger partial charge in [0.15, 0.2) is 0 Å². The summed E-state index contributed by atoms with van der Waals surface area (Å²) in [5, 5.41) is 0. The average Bonchev–Trinajstić information content (AvgIpc) is 1.99. The summed E-state index contributed by atoms with van der Waals surface area (Å²) in [4.78, 5) is 2.41. The molecule has 0 heterocycles. The predicted molar refractivity (Wildman–Crippen MR) is 51.6 cm³/mol. The van der Waals surface area contributed by atoms with Crippen LogP contribution in [0.25, 0.3) is 0 Å². The minimum Gasteiger partial charge on any atom is -0.306 e. The molecule has 0 amide bonds. The highest BCUT2D eigenvalue weighted by atomic mass is 15.1. The van der Waals surface area contributed by atoms with Crippen molar-refractivity contribution < 1.29 is 0 Å². The summed E-state index contributed by atoms with van der Waals surface area (Å²) in [5.74, 6) is 0. The summed E-state index contributed by atoms with van der Waals surface area (Å²) in [6, 6.07) is 0. The molecule has 0 atom stereocenters. The van der Waals surface area contributed by atoms with Crippen LogP contribution in [0.3, 0.4) is 0 Å². The third-order valence-electron chi connectivity index (χ3n) is 1.90. The molecule has 11 heavy (non-hydrogen) atoms. The third-order valence-corrected chi connectivity index (χ3v) is 1.90. The Morgan fingerprint density at radius 2 is 1.82 bits per heavy atom. The molecule has 0 N–H and O–H groups in total. The lowest BCUT2D eigenvalue weighted by atomic mass is 10.2. The summed E-state index contributed by atoms with van der Waals surface area (Å²) in [6.45, 7) is 8.55. The van der Waals surface area contributed by atoms with Gasteiger partial charge in [-0.2, -0.15) is 0 Å². The Bertz CT molecular complexity index is 71.3. The molecule has 67 valence electrons. The molecule has 1 radical (unpaired) electrons. The van der Waals surface area contributed by atoms with Gasteiger partial charge in [0, 0.05) is 0 Å². The molecule has 0 bridgehead atoms. The molecule has 0 aromatic carbocycles. The van der Waals surface area contributed by atoms with Crippen LogP contribution in [-0.2, 0) is 0 Å². The molecule has 0 saturated heterocycles. The van der Waals surface area contributed by atoms with E-state index in [4.69, 9.17) is 0 Å². The van der Waals surface area contributed by atoms with E-state index in [9.17, 15) is 0 Å². The summed E-state index contributed by atoms with van der Waals surface area (Å²) in [5.41, 5.74) is 0. The molecule has 0 saturated carbocycles. The molecule has 0 rings (SSSR count). The van der Waals surface area contributed by atoms with Crippen molar-refractivity contribution in [2.24, 2.45) is 0 Å². The van der Waals surface area contributed by atoms with Gasteiger partial charge in [-0.1, -0.05) is 33.1 Å². The van der Waals surface area contributed by atoms with Gasteiger partial charge in [0.05, 0.1) is 0 Å². The van der Waals surface area contributed by atoms with Crippen LogP contribution in [0.1, 0.15) is 39.0 Å². The van der Waals surface area contributed by atoms with Crippen molar-refractivity contribution in [3.05, 3.63) is 6.92 Å². The van der Waals surface area contributed by atoms with Crippen LogP contribution >= 0.6 is 0 Å². The Morgan fingerprint density at radius 1 is 1.09 bits per heavy atom. The number of unbranched alkanes of at least 4 members (excludes halogenated alkanes) is 3. The maximum absolute atomic E-state index is 3.83. The van der Waals surface area contributed by atoms with E-state index >= 15 is 0 Å². The van der Waals surface area contributed by atoms with Crippen LogP contribution in [-0.4, -0.2) is 25.0 Å². The Morgan fingerprint density at radius 3 is 2.36 bits per heavy atom. The first-order valence-corrected chi connectivity index (χ1v) is 4.79. The number of hydrogen-bond acceptors (Lipinski definition) is 1. The van der Waals surface area contributed by atoms with Crippen molar-refractivity contribution >= 4 is 0 Å². The Labute approximate surface area is 71.8 Å². The predicted octanol–water partition coefficient (Wildman–Crippen LogP) is 2.72. The minimum absolute atomic E-state index is 1.09. The molecule has 1 heteroatoms. The van der Waals surface area contributed by atoms with E-state index in [0.29, 0.717) is 0 Å². The molecule has 0 aliphatic carbocycles. The second-order valence-electron chi connectivity index (χ2n) is 3.22. The van der Waals surface area contributed by atoms with Gasteiger partial charge in [0.1, 0.15) is 0 Å². The fourth-order valence-electron chi connectivity index (χ4n) is 1.23. The Hall–Kier alpha value is -0.0400. The lowest BCUT2D eigenvalue weighted by Crippen LogP contribution is -2.20. The van der Waals surface area contributed by atoms with Crippen LogP contribution in [0.4, 0.5) is 0 Å². The lowest BCUT2D eigenvalue weighted by Gasteiger charge is -2.14. The highest BCUT2D eigenvalue weighted by Gasteiger charge is 1.94. The quantitative estimate of drug-likeness (QED) is 0.512. The SMILES string of the molecule is [CH2]CCCCCN(C)CCC. The van der Waals surface area contributed by atoms with E-state index in [2.05, 4.69) is 25.8 Å². The van der Waals surface area contributed by atoms with E-state index < -0.39 is 0 Å². The van der Waals surface area contributed by atoms with E-state index in [-0.39, 0.29) is 0 Å². The van der Waals surface area contributed by atoms with Gasteiger partial charge in [0.2, 0.25) is 0 Å². The fourth-order valence-corrected chi connectivity index (χ4v) is 1.23. The van der Waals surface area contributed by atoms with E-state index in [0.717, 1.165) is 6.42 Å². The highest BCUT2D eigenvalue weighted by molar-refractivity contribution is 4.51. The van der Waals surface area contributed by atoms with Crippen molar-refractivity contribution in [3.63, 3.8) is 0 Å². The first-order valence-electron chi connectivity index (χ1n) is 4.79. The fraction of sp³-hybridized carbons (Fsp3) is 0.900. The van der Waals surface area contributed by atoms with Crippen molar-refractivity contribution in [2.75, 3.05) is 20.1 Å². The van der Waals surface area contributed by atoms with Gasteiger partial charge < -0.3 is 4.90 Å². The van der Waals surface area contributed by atoms with E-state index in [1.54, 1.807) is 0 Å². The number of hydrogen-bond donors (Lipinski definition) is 0. The number of nitrogens with zero attached hydrogens (tertiary/aromatic N) is 1. The van der Waals surface area contributed by atoms with Crippen LogP contribution in [0.2, 0.25) is 0 Å². The molecule has 0 aliphatic rings. The van der Waals surface area contributed by atoms with Crippen LogP contribution in [0.5, 0.6) is 0 Å². The summed E-state index contributed by atoms with van der Waals surface area (Å²) in [6.07, 6.45) is 6.34. The molecule has 0 unspecified atom stereocenters. The normalized spacial score (nSPS) is 10.9. The van der Waals surface area contributed by atoms with Gasteiger partial charge in [0.25, 0.3) is 0 Å². The molecule has 1 nitrogen and oxygen atoms in total. The van der Waals surface area contributed by atoms with Crippen molar-refractivity contribution in [2.45, 2.75) is 39.0 Å². The molecule has 0 fully saturated rings. The van der Waals surface area contributed by atoms with E-state index in [1.165, 1.54) is 38.8 Å². The maximum Gasteiger partial charge on any atom is -0.00218 e. The second kappa shape index (κ2) is 8.06. The second-order valence-corrected chi connectivity index (χ2v) is 3.22. The number of rotatable bonds is 7. The Kier molecular flexibility index (Phi) is 8.03. The standard InChI is InChI=1S/C10H22N/c1-4-6-7-8-10-11(3)9-5-2/h1,4-10H2,2-3H3. The van der Waals surface area contributed by atoms with E-state index in [1.807, 2.05) is 0 Å². The highest BCUT2D eigenvalue weighted by Crippen LogP contribution is 1.99. The van der Waals surface area contributed by atoms with Gasteiger partial charge in [-0.25, -0.2) is 0 Å². The third kappa shape index (κ3) is 7.86. The van der Waals surface area contributed by atoms with Gasteiger partial charge >= 0.3 is 0 Å². The van der Waals surface area contributed by atoms with Crippen molar-refractivity contribution in [1.82, 2.24) is 4.90 Å². The van der Waals surface area contributed by atoms with Crippen molar-refractivity contribution in [1.29, 1.82) is 0 Å². The molecule has 0 aliphatic heterocycles. The zero-order valence-electron chi connectivity index (χ0n) is 8.10. The summed E-state index contributed by atoms with van der Waals surface area (Å²) < 4.78 is 0. The van der Waals surface area contributed by atoms with Gasteiger partial charge in [-0.05, 0) is 33.0 Å². The van der Waals surface area contributed by atoms with Crippen LogP contribution in [0.15, 0.2) is 0 Å². The Balaban J connectivity index is 2.97. The summed E-state index contributed by atoms with van der Waals surface area (Å²) in [7, 11) is 2.20. The topological polar surface area (TPSA) is 3.24 Å². The van der Waals surface area contributed by atoms with Crippen molar-refractivity contribution in [3.8, 4) is 0 Å². The molecule has 0 spiro atoms. The molecular weight excluding hydrogens is 134 g/mol. The van der Waals surface area contributed by atoms with Crippen LogP contribution in [0, 0.1) is 6.92 Å². The average molecular weight is 156 g/mol. The van der Waals surface area contributed by atoms with Gasteiger partial charge in [-0.3, -0.25) is 0 Å². The first-order chi connectivity index (χ1) is 5.31.